The number of tetrazole rings is 1. The Morgan fingerprint density at radius 2 is 2.33 bits per heavy atom. The molecule has 8 nitrogen and oxygen atoms in total. The number of hydrogen-bond donors (Lipinski definition) is 2. The van der Waals surface area contributed by atoms with Crippen LogP contribution in [-0.4, -0.2) is 43.0 Å². The highest BCUT2D eigenvalue weighted by Gasteiger charge is 2.25. The van der Waals surface area contributed by atoms with E-state index in [4.69, 9.17) is 5.84 Å². The third-order valence-corrected chi connectivity index (χ3v) is 5.08. The molecule has 0 aromatic carbocycles. The van der Waals surface area contributed by atoms with Crippen molar-refractivity contribution in [3.05, 3.63) is 10.4 Å². The minimum atomic E-state index is 0.472. The van der Waals surface area contributed by atoms with Crippen molar-refractivity contribution in [2.45, 2.75) is 26.3 Å². The highest BCUT2D eigenvalue weighted by atomic mass is 32.1. The largest absolute Gasteiger partial charge is 0.308 e. The molecule has 0 aliphatic carbocycles. The summed E-state index contributed by atoms with van der Waals surface area (Å²) in [6.07, 6.45) is 2.19. The van der Waals surface area contributed by atoms with E-state index in [2.05, 4.69) is 37.8 Å². The molecule has 3 N–H and O–H groups in total. The van der Waals surface area contributed by atoms with Gasteiger partial charge in [0.2, 0.25) is 0 Å². The summed E-state index contributed by atoms with van der Waals surface area (Å²) in [5.74, 6) is 6.78. The number of anilines is 1. The summed E-state index contributed by atoms with van der Waals surface area (Å²) in [4.78, 5) is 9.27. The number of rotatable bonds is 3. The third kappa shape index (κ3) is 1.88. The van der Waals surface area contributed by atoms with Crippen molar-refractivity contribution in [3.8, 4) is 0 Å². The molecule has 0 saturated carbocycles. The fourth-order valence-electron chi connectivity index (χ4n) is 2.99. The highest BCUT2D eigenvalue weighted by Crippen LogP contribution is 2.38. The Morgan fingerprint density at radius 3 is 3.14 bits per heavy atom. The Hall–Kier alpha value is -1.84. The van der Waals surface area contributed by atoms with Gasteiger partial charge in [0.1, 0.15) is 4.83 Å². The van der Waals surface area contributed by atoms with Crippen molar-refractivity contribution in [3.63, 3.8) is 0 Å². The Labute approximate surface area is 124 Å². The summed E-state index contributed by atoms with van der Waals surface area (Å²) in [7, 11) is 0. The van der Waals surface area contributed by atoms with Crippen LogP contribution >= 0.6 is 11.3 Å². The normalized spacial score (nSPS) is 15.7. The number of nitrogens with zero attached hydrogens (tertiary/aromatic N) is 6. The Bertz CT molecular complexity index is 806. The van der Waals surface area contributed by atoms with Gasteiger partial charge in [-0.25, -0.2) is 5.84 Å². The smallest absolute Gasteiger partial charge is 0.276 e. The molecule has 0 atom stereocenters. The predicted molar refractivity (Wildman–Crippen MR) is 81.0 cm³/mol. The monoisotopic (exact) mass is 304 g/mol. The van der Waals surface area contributed by atoms with Crippen LogP contribution in [-0.2, 0) is 13.0 Å². The van der Waals surface area contributed by atoms with Crippen molar-refractivity contribution >= 4 is 33.1 Å². The molecule has 0 fully saturated rings. The van der Waals surface area contributed by atoms with Crippen LogP contribution < -0.4 is 11.3 Å². The molecule has 110 valence electrons. The van der Waals surface area contributed by atoms with E-state index in [9.17, 15) is 0 Å². The van der Waals surface area contributed by atoms with Gasteiger partial charge in [0.05, 0.1) is 5.39 Å². The SMILES string of the molecule is CCCN1CCc2c(sc3c2c(NN)nc2nnnn23)C1. The molecule has 0 amide bonds. The lowest BCUT2D eigenvalue weighted by atomic mass is 10.0. The second kappa shape index (κ2) is 4.86. The van der Waals surface area contributed by atoms with E-state index in [1.54, 1.807) is 15.9 Å². The molecule has 1 aliphatic rings. The van der Waals surface area contributed by atoms with Gasteiger partial charge in [-0.3, -0.25) is 4.90 Å². The van der Waals surface area contributed by atoms with Crippen LogP contribution in [0.2, 0.25) is 0 Å². The van der Waals surface area contributed by atoms with Crippen LogP contribution in [0.3, 0.4) is 0 Å². The molecule has 4 heterocycles. The average molecular weight is 304 g/mol. The topological polar surface area (TPSA) is 97.3 Å². The Kier molecular flexibility index (Phi) is 2.98. The van der Waals surface area contributed by atoms with Crippen LogP contribution in [0.4, 0.5) is 5.82 Å². The molecule has 0 radical (unpaired) electrons. The van der Waals surface area contributed by atoms with Gasteiger partial charge < -0.3 is 5.43 Å². The van der Waals surface area contributed by atoms with E-state index in [-0.39, 0.29) is 0 Å². The maximum absolute atomic E-state index is 5.65. The van der Waals surface area contributed by atoms with Gasteiger partial charge in [-0.1, -0.05) is 12.0 Å². The lowest BCUT2D eigenvalue weighted by Gasteiger charge is -2.26. The zero-order valence-corrected chi connectivity index (χ0v) is 12.5. The number of aromatic nitrogens is 5. The molecular weight excluding hydrogens is 288 g/mol. The van der Waals surface area contributed by atoms with Crippen LogP contribution in [0.25, 0.3) is 16.0 Å². The van der Waals surface area contributed by atoms with Gasteiger partial charge in [-0.15, -0.1) is 11.3 Å². The van der Waals surface area contributed by atoms with Gasteiger partial charge in [0.15, 0.2) is 5.82 Å². The first kappa shape index (κ1) is 12.9. The molecule has 3 aromatic heterocycles. The number of nitrogens with two attached hydrogens (primary N) is 1. The van der Waals surface area contributed by atoms with Gasteiger partial charge in [0.25, 0.3) is 5.78 Å². The second-order valence-electron chi connectivity index (χ2n) is 5.21. The van der Waals surface area contributed by atoms with Gasteiger partial charge >= 0.3 is 0 Å². The fourth-order valence-corrected chi connectivity index (χ4v) is 4.32. The molecule has 0 bridgehead atoms. The van der Waals surface area contributed by atoms with E-state index in [0.717, 1.165) is 36.3 Å². The standard InChI is InChI=1S/C12H16N8S/c1-2-4-19-5-3-7-8(6-19)21-11-9(7)10(15-13)14-12-16-17-18-20(11)12/h2-6,13H2,1H3,(H,14,15,16,18). The zero-order chi connectivity index (χ0) is 14.4. The number of nitrogen functional groups attached to an aromatic ring is 1. The third-order valence-electron chi connectivity index (χ3n) is 3.89. The Balaban J connectivity index is 1.94. The molecule has 21 heavy (non-hydrogen) atoms. The minimum absolute atomic E-state index is 0.472. The molecule has 9 heteroatoms. The van der Waals surface area contributed by atoms with Crippen LogP contribution in [0.5, 0.6) is 0 Å². The van der Waals surface area contributed by atoms with E-state index >= 15 is 0 Å². The number of fused-ring (bicyclic) bond motifs is 5. The number of hydrogen-bond acceptors (Lipinski definition) is 8. The van der Waals surface area contributed by atoms with Crippen molar-refractivity contribution in [2.75, 3.05) is 18.5 Å². The molecule has 0 saturated heterocycles. The first-order valence-corrected chi connectivity index (χ1v) is 7.84. The summed E-state index contributed by atoms with van der Waals surface area (Å²) in [5, 5.41) is 12.7. The van der Waals surface area contributed by atoms with E-state index in [1.807, 2.05) is 0 Å². The van der Waals surface area contributed by atoms with E-state index in [1.165, 1.54) is 16.9 Å². The number of hydrazine groups is 1. The molecule has 3 aromatic rings. The van der Waals surface area contributed by atoms with E-state index in [0.29, 0.717) is 11.6 Å². The fraction of sp³-hybridized carbons (Fsp3) is 0.500. The summed E-state index contributed by atoms with van der Waals surface area (Å²) < 4.78 is 1.70. The van der Waals surface area contributed by atoms with E-state index < -0.39 is 0 Å². The molecule has 4 rings (SSSR count). The molecule has 0 spiro atoms. The summed E-state index contributed by atoms with van der Waals surface area (Å²) in [6.45, 7) is 5.40. The quantitative estimate of drug-likeness (QED) is 0.545. The van der Waals surface area contributed by atoms with Crippen molar-refractivity contribution in [1.82, 2.24) is 29.9 Å². The van der Waals surface area contributed by atoms with Crippen LogP contribution in [0.15, 0.2) is 0 Å². The van der Waals surface area contributed by atoms with Gasteiger partial charge in [-0.2, -0.15) is 9.50 Å². The summed E-state index contributed by atoms with van der Waals surface area (Å²) in [5.41, 5.74) is 4.03. The summed E-state index contributed by atoms with van der Waals surface area (Å²) >= 11 is 1.74. The lowest BCUT2D eigenvalue weighted by molar-refractivity contribution is 0.258. The van der Waals surface area contributed by atoms with Crippen molar-refractivity contribution in [1.29, 1.82) is 0 Å². The van der Waals surface area contributed by atoms with Gasteiger partial charge in [0, 0.05) is 18.0 Å². The van der Waals surface area contributed by atoms with Crippen molar-refractivity contribution < 1.29 is 0 Å². The lowest BCUT2D eigenvalue weighted by Crippen LogP contribution is -2.30. The average Bonchev–Trinajstić information content (AvgIpc) is 3.09. The maximum Gasteiger partial charge on any atom is 0.276 e. The first-order valence-electron chi connectivity index (χ1n) is 7.03. The number of nitrogens with one attached hydrogen (secondary N) is 1. The van der Waals surface area contributed by atoms with Gasteiger partial charge in [-0.05, 0) is 35.4 Å². The Morgan fingerprint density at radius 1 is 1.43 bits per heavy atom. The first-order chi connectivity index (χ1) is 10.3. The molecule has 0 unspecified atom stereocenters. The molecule has 1 aliphatic heterocycles. The minimum Gasteiger partial charge on any atom is -0.308 e. The number of thiophene rings is 1. The summed E-state index contributed by atoms with van der Waals surface area (Å²) in [6, 6.07) is 0. The highest BCUT2D eigenvalue weighted by molar-refractivity contribution is 7.19. The van der Waals surface area contributed by atoms with Crippen LogP contribution in [0, 0.1) is 0 Å². The van der Waals surface area contributed by atoms with Crippen LogP contribution in [0.1, 0.15) is 23.8 Å². The second-order valence-corrected chi connectivity index (χ2v) is 6.29. The predicted octanol–water partition coefficient (Wildman–Crippen LogP) is 0.788. The van der Waals surface area contributed by atoms with Crippen molar-refractivity contribution in [2.24, 2.45) is 5.84 Å². The molecular formula is C12H16N8S. The maximum atomic E-state index is 5.65. The zero-order valence-electron chi connectivity index (χ0n) is 11.7.